The Bertz CT molecular complexity index is 655. The van der Waals surface area contributed by atoms with Crippen LogP contribution < -0.4 is 4.74 Å². The first-order valence-electron chi connectivity index (χ1n) is 6.70. The van der Waals surface area contributed by atoms with Crippen LogP contribution in [-0.2, 0) is 6.42 Å². The van der Waals surface area contributed by atoms with Crippen molar-refractivity contribution in [1.82, 2.24) is 0 Å². The predicted molar refractivity (Wildman–Crippen MR) is 82.5 cm³/mol. The number of methoxy groups -OCH3 is 1. The van der Waals surface area contributed by atoms with E-state index in [0.717, 1.165) is 11.1 Å². The van der Waals surface area contributed by atoms with Gasteiger partial charge in [0, 0.05) is 17.0 Å². The first-order chi connectivity index (χ1) is 9.93. The summed E-state index contributed by atoms with van der Waals surface area (Å²) in [7, 11) is 1.59. The molecule has 0 heterocycles. The van der Waals surface area contributed by atoms with Crippen LogP contribution in [0.1, 0.15) is 28.4 Å². The zero-order chi connectivity index (χ0) is 15.6. The summed E-state index contributed by atoms with van der Waals surface area (Å²) in [6.45, 7) is 3.94. The summed E-state index contributed by atoms with van der Waals surface area (Å²) >= 11 is 6.01. The van der Waals surface area contributed by atoms with Crippen molar-refractivity contribution in [1.29, 1.82) is 0 Å². The second-order valence-electron chi connectivity index (χ2n) is 5.09. The molecule has 0 radical (unpaired) electrons. The van der Waals surface area contributed by atoms with E-state index < -0.39 is 6.10 Å². The van der Waals surface area contributed by atoms with Gasteiger partial charge in [-0.3, -0.25) is 0 Å². The molecule has 21 heavy (non-hydrogen) atoms. The Labute approximate surface area is 129 Å². The number of hydrogen-bond donors (Lipinski definition) is 1. The van der Waals surface area contributed by atoms with E-state index in [9.17, 15) is 9.50 Å². The summed E-state index contributed by atoms with van der Waals surface area (Å²) in [6.07, 6.45) is -0.458. The molecule has 112 valence electrons. The van der Waals surface area contributed by atoms with E-state index in [0.29, 0.717) is 28.3 Å². The molecule has 1 unspecified atom stereocenters. The SMILES string of the molecule is COc1c(C(O)Cc2ccc(F)cc2Cl)ccc(C)c1C. The molecule has 0 amide bonds. The van der Waals surface area contributed by atoms with Crippen molar-refractivity contribution in [3.05, 3.63) is 63.4 Å². The first kappa shape index (κ1) is 15.8. The molecular formula is C17H18ClFO2. The Morgan fingerprint density at radius 3 is 2.57 bits per heavy atom. The van der Waals surface area contributed by atoms with Gasteiger partial charge in [-0.05, 0) is 42.7 Å². The third kappa shape index (κ3) is 3.36. The average molecular weight is 309 g/mol. The topological polar surface area (TPSA) is 29.5 Å². The van der Waals surface area contributed by atoms with Gasteiger partial charge < -0.3 is 9.84 Å². The van der Waals surface area contributed by atoms with Gasteiger partial charge in [-0.25, -0.2) is 4.39 Å². The highest BCUT2D eigenvalue weighted by molar-refractivity contribution is 6.31. The number of benzene rings is 2. The number of rotatable bonds is 4. The molecule has 2 aromatic rings. The molecule has 0 aliphatic rings. The fourth-order valence-electron chi connectivity index (χ4n) is 2.35. The highest BCUT2D eigenvalue weighted by Gasteiger charge is 2.18. The van der Waals surface area contributed by atoms with Gasteiger partial charge in [0.1, 0.15) is 11.6 Å². The van der Waals surface area contributed by atoms with E-state index in [4.69, 9.17) is 16.3 Å². The quantitative estimate of drug-likeness (QED) is 0.908. The highest BCUT2D eigenvalue weighted by Crippen LogP contribution is 2.33. The van der Waals surface area contributed by atoms with Crippen LogP contribution in [0.15, 0.2) is 30.3 Å². The van der Waals surface area contributed by atoms with E-state index in [2.05, 4.69) is 0 Å². The van der Waals surface area contributed by atoms with Crippen molar-refractivity contribution < 1.29 is 14.2 Å². The molecule has 0 aliphatic carbocycles. The second kappa shape index (κ2) is 6.46. The largest absolute Gasteiger partial charge is 0.496 e. The van der Waals surface area contributed by atoms with Gasteiger partial charge in [0.25, 0.3) is 0 Å². The number of aryl methyl sites for hydroxylation is 1. The van der Waals surface area contributed by atoms with Gasteiger partial charge in [-0.2, -0.15) is 0 Å². The van der Waals surface area contributed by atoms with Crippen LogP contribution in [0.5, 0.6) is 5.75 Å². The molecule has 0 saturated carbocycles. The molecule has 0 bridgehead atoms. The van der Waals surface area contributed by atoms with Crippen molar-refractivity contribution in [3.8, 4) is 5.75 Å². The van der Waals surface area contributed by atoms with Crippen LogP contribution in [-0.4, -0.2) is 12.2 Å². The monoisotopic (exact) mass is 308 g/mol. The van der Waals surface area contributed by atoms with Crippen molar-refractivity contribution >= 4 is 11.6 Å². The Balaban J connectivity index is 2.32. The Kier molecular flexibility index (Phi) is 4.86. The van der Waals surface area contributed by atoms with Crippen molar-refractivity contribution in [2.24, 2.45) is 0 Å². The zero-order valence-electron chi connectivity index (χ0n) is 12.3. The fourth-order valence-corrected chi connectivity index (χ4v) is 2.59. The summed E-state index contributed by atoms with van der Waals surface area (Å²) in [5, 5.41) is 10.8. The lowest BCUT2D eigenvalue weighted by Crippen LogP contribution is -2.06. The third-order valence-corrected chi connectivity index (χ3v) is 4.05. The fraction of sp³-hybridized carbons (Fsp3) is 0.294. The number of halogens is 2. The number of ether oxygens (including phenoxy) is 1. The van der Waals surface area contributed by atoms with Crippen LogP contribution in [0.4, 0.5) is 4.39 Å². The molecule has 0 saturated heterocycles. The van der Waals surface area contributed by atoms with Gasteiger partial charge in [0.2, 0.25) is 0 Å². The van der Waals surface area contributed by atoms with E-state index in [1.165, 1.54) is 12.1 Å². The van der Waals surface area contributed by atoms with Crippen LogP contribution in [0.3, 0.4) is 0 Å². The number of aliphatic hydroxyl groups excluding tert-OH is 1. The van der Waals surface area contributed by atoms with Crippen molar-refractivity contribution in [2.75, 3.05) is 7.11 Å². The van der Waals surface area contributed by atoms with Crippen LogP contribution >= 0.6 is 11.6 Å². The predicted octanol–water partition coefficient (Wildman–Crippen LogP) is 4.38. The van der Waals surface area contributed by atoms with E-state index >= 15 is 0 Å². The standard InChI is InChI=1S/C17H18ClFO2/c1-10-4-7-14(17(21-3)11(10)2)16(20)8-12-5-6-13(19)9-15(12)18/h4-7,9,16,20H,8H2,1-3H3. The zero-order valence-corrected chi connectivity index (χ0v) is 13.0. The van der Waals surface area contributed by atoms with Crippen LogP contribution in [0, 0.1) is 19.7 Å². The lowest BCUT2D eigenvalue weighted by atomic mass is 9.96. The summed E-state index contributed by atoms with van der Waals surface area (Å²) < 4.78 is 18.5. The van der Waals surface area contributed by atoms with Gasteiger partial charge in [-0.15, -0.1) is 0 Å². The maximum atomic E-state index is 13.1. The Morgan fingerprint density at radius 2 is 1.95 bits per heavy atom. The molecule has 0 aliphatic heterocycles. The van der Waals surface area contributed by atoms with E-state index in [-0.39, 0.29) is 5.82 Å². The normalized spacial score (nSPS) is 12.3. The van der Waals surface area contributed by atoms with Crippen molar-refractivity contribution in [3.63, 3.8) is 0 Å². The van der Waals surface area contributed by atoms with Crippen LogP contribution in [0.25, 0.3) is 0 Å². The van der Waals surface area contributed by atoms with E-state index in [1.807, 2.05) is 26.0 Å². The molecule has 1 N–H and O–H groups in total. The maximum Gasteiger partial charge on any atom is 0.127 e. The summed E-state index contributed by atoms with van der Waals surface area (Å²) in [5.74, 6) is 0.294. The maximum absolute atomic E-state index is 13.1. The van der Waals surface area contributed by atoms with Crippen LogP contribution in [0.2, 0.25) is 5.02 Å². The lowest BCUT2D eigenvalue weighted by molar-refractivity contribution is 0.174. The van der Waals surface area contributed by atoms with Gasteiger partial charge in [0.05, 0.1) is 13.2 Å². The minimum Gasteiger partial charge on any atom is -0.496 e. The highest BCUT2D eigenvalue weighted by atomic mass is 35.5. The molecule has 4 heteroatoms. The molecule has 1 atom stereocenters. The number of hydrogen-bond acceptors (Lipinski definition) is 2. The summed E-state index contributed by atoms with van der Waals surface area (Å²) in [5.41, 5.74) is 3.51. The molecular weight excluding hydrogens is 291 g/mol. The average Bonchev–Trinajstić information content (AvgIpc) is 2.44. The lowest BCUT2D eigenvalue weighted by Gasteiger charge is -2.18. The molecule has 0 fully saturated rings. The van der Waals surface area contributed by atoms with Gasteiger partial charge in [0.15, 0.2) is 0 Å². The second-order valence-corrected chi connectivity index (χ2v) is 5.49. The minimum atomic E-state index is -0.762. The Hall–Kier alpha value is -1.58. The van der Waals surface area contributed by atoms with E-state index in [1.54, 1.807) is 13.2 Å². The van der Waals surface area contributed by atoms with Gasteiger partial charge in [-0.1, -0.05) is 29.8 Å². The van der Waals surface area contributed by atoms with Gasteiger partial charge >= 0.3 is 0 Å². The minimum absolute atomic E-state index is 0.304. The third-order valence-electron chi connectivity index (χ3n) is 3.70. The summed E-state index contributed by atoms with van der Waals surface area (Å²) in [6, 6.07) is 7.98. The summed E-state index contributed by atoms with van der Waals surface area (Å²) in [4.78, 5) is 0. The molecule has 2 nitrogen and oxygen atoms in total. The number of aliphatic hydroxyl groups is 1. The smallest absolute Gasteiger partial charge is 0.127 e. The first-order valence-corrected chi connectivity index (χ1v) is 7.08. The van der Waals surface area contributed by atoms with Crippen molar-refractivity contribution in [2.45, 2.75) is 26.4 Å². The molecule has 2 rings (SSSR count). The molecule has 0 spiro atoms. The Morgan fingerprint density at radius 1 is 1.24 bits per heavy atom. The molecule has 2 aromatic carbocycles. The molecule has 0 aromatic heterocycles.